The molecule has 0 saturated carbocycles. The molecule has 0 aliphatic carbocycles. The molecule has 2 aromatic carbocycles. The van der Waals surface area contributed by atoms with E-state index in [-0.39, 0.29) is 25.9 Å². The Hall–Kier alpha value is 0.196. The monoisotopic (exact) mass is 280 g/mol. The van der Waals surface area contributed by atoms with Crippen LogP contribution in [0.1, 0.15) is 2.85 Å². The molecule has 0 atom stereocenters. The summed E-state index contributed by atoms with van der Waals surface area (Å²) in [5, 5.41) is 2.66. The van der Waals surface area contributed by atoms with Crippen molar-refractivity contribution >= 4 is 56.4 Å². The predicted molar refractivity (Wildman–Crippen MR) is 64.6 cm³/mol. The van der Waals surface area contributed by atoms with Gasteiger partial charge in [0.1, 0.15) is 0 Å². The van der Waals surface area contributed by atoms with E-state index in [9.17, 15) is 0 Å². The van der Waals surface area contributed by atoms with Crippen molar-refractivity contribution in [3.63, 3.8) is 0 Å². The molecule has 0 bridgehead atoms. The van der Waals surface area contributed by atoms with E-state index in [1.807, 2.05) is 0 Å². The number of hydrogen-bond donors (Lipinski definition) is 0. The maximum atomic E-state index is 2.36. The van der Waals surface area contributed by atoms with Gasteiger partial charge in [0.2, 0.25) is 0 Å². The van der Waals surface area contributed by atoms with Gasteiger partial charge in [-0.25, -0.2) is 0 Å². The number of benzene rings is 2. The molecule has 2 heteroatoms. The van der Waals surface area contributed by atoms with Crippen LogP contribution >= 0.6 is 22.6 Å². The van der Waals surface area contributed by atoms with Gasteiger partial charge < -0.3 is 2.85 Å². The summed E-state index contributed by atoms with van der Waals surface area (Å²) < 4.78 is 1.32. The van der Waals surface area contributed by atoms with E-state index in [0.29, 0.717) is 0 Å². The molecule has 58 valence electrons. The molecule has 0 amide bonds. The number of fused-ring (bicyclic) bond motifs is 1. The molecule has 0 heterocycles. The van der Waals surface area contributed by atoms with Crippen molar-refractivity contribution in [1.82, 2.24) is 0 Å². The minimum Gasteiger partial charge on any atom is -1.00 e. The Labute approximate surface area is 105 Å². The van der Waals surface area contributed by atoms with Crippen molar-refractivity contribution in [2.24, 2.45) is 0 Å². The van der Waals surface area contributed by atoms with Crippen LogP contribution in [0.5, 0.6) is 0 Å². The van der Waals surface area contributed by atoms with Crippen LogP contribution in [-0.2, 0) is 0 Å². The summed E-state index contributed by atoms with van der Waals surface area (Å²) in [6.45, 7) is 0. The molecule has 0 N–H and O–H groups in total. The maximum Gasteiger partial charge on any atom is 2.00 e. The molecule has 0 aliphatic heterocycles. The second-order valence-corrected chi connectivity index (χ2v) is 3.62. The van der Waals surface area contributed by atoms with E-state index in [1.165, 1.54) is 14.3 Å². The van der Waals surface area contributed by atoms with Crippen molar-refractivity contribution in [2.75, 3.05) is 0 Å². The second kappa shape index (κ2) is 4.44. The van der Waals surface area contributed by atoms with E-state index in [4.69, 9.17) is 0 Å². The van der Waals surface area contributed by atoms with Crippen LogP contribution in [0.4, 0.5) is 0 Å². The first-order valence-electron chi connectivity index (χ1n) is 3.51. The quantitative estimate of drug-likeness (QED) is 0.513. The number of rotatable bonds is 0. The van der Waals surface area contributed by atoms with Gasteiger partial charge in [0.05, 0.1) is 0 Å². The third kappa shape index (κ3) is 1.92. The zero-order valence-electron chi connectivity index (χ0n) is 8.63. The van der Waals surface area contributed by atoms with Crippen molar-refractivity contribution in [1.29, 1.82) is 0 Å². The second-order valence-electron chi connectivity index (χ2n) is 2.46. The fourth-order valence-corrected chi connectivity index (χ4v) is 1.88. The molecule has 0 aromatic heterocycles. The molecule has 0 nitrogen and oxygen atoms in total. The molecule has 2 rings (SSSR count). The van der Waals surface area contributed by atoms with Crippen LogP contribution in [0.3, 0.4) is 0 Å². The van der Waals surface area contributed by atoms with Gasteiger partial charge in [-0.05, 0) is 39.4 Å². The Balaban J connectivity index is 0. The summed E-state index contributed by atoms with van der Waals surface area (Å²) in [7, 11) is 0. The Morgan fingerprint density at radius 2 is 1.58 bits per heavy atom. The van der Waals surface area contributed by atoms with Crippen molar-refractivity contribution in [3.05, 3.63) is 46.0 Å². The maximum absolute atomic E-state index is 2.36. The van der Waals surface area contributed by atoms with E-state index >= 15 is 0 Å². The Bertz CT molecular complexity index is 387. The summed E-state index contributed by atoms with van der Waals surface area (Å²) in [6.07, 6.45) is 0. The third-order valence-electron chi connectivity index (χ3n) is 1.74. The van der Waals surface area contributed by atoms with Crippen molar-refractivity contribution in [2.45, 2.75) is 0 Å². The van der Waals surface area contributed by atoms with Gasteiger partial charge in [-0.2, -0.15) is 0 Å². The van der Waals surface area contributed by atoms with Gasteiger partial charge in [-0.3, -0.25) is 0 Å². The molecule has 0 aliphatic rings. The van der Waals surface area contributed by atoms with Gasteiger partial charge in [-0.1, -0.05) is 36.4 Å². The van der Waals surface area contributed by atoms with Crippen LogP contribution in [-0.4, -0.2) is 23.1 Å². The van der Waals surface area contributed by atoms with E-state index < -0.39 is 0 Å². The standard InChI is InChI=1S/C10H7I.Mg.2H/c11-10-7-3-5-8-4-1-2-6-9(8)10;;;/h1-7H;;;/q;+2;2*-1. The zero-order chi connectivity index (χ0) is 7.68. The van der Waals surface area contributed by atoms with Crippen LogP contribution in [0, 0.1) is 3.57 Å². The van der Waals surface area contributed by atoms with Crippen LogP contribution < -0.4 is 0 Å². The number of halogens is 1. The SMILES string of the molecule is Ic1cccc2ccccc12.[H-].[H-].[Mg+2]. The first kappa shape index (κ1) is 10.3. The Morgan fingerprint density at radius 3 is 2.33 bits per heavy atom. The van der Waals surface area contributed by atoms with E-state index in [1.54, 1.807) is 0 Å². The topological polar surface area (TPSA) is 0 Å². The Morgan fingerprint density at radius 1 is 0.917 bits per heavy atom. The summed E-state index contributed by atoms with van der Waals surface area (Å²) in [5.74, 6) is 0. The fourth-order valence-electron chi connectivity index (χ4n) is 1.19. The largest absolute Gasteiger partial charge is 2.00 e. The van der Waals surface area contributed by atoms with E-state index in [0.717, 1.165) is 0 Å². The molecule has 0 radical (unpaired) electrons. The molecular weight excluding hydrogens is 271 g/mol. The zero-order valence-corrected chi connectivity index (χ0v) is 10.2. The molecule has 0 fully saturated rings. The Kier molecular flexibility index (Phi) is 3.80. The average Bonchev–Trinajstić information content (AvgIpc) is 2.06. The first-order chi connectivity index (χ1) is 5.38. The fraction of sp³-hybridized carbons (Fsp3) is 0. The normalized spacial score (nSPS) is 9.42. The molecule has 12 heavy (non-hydrogen) atoms. The molecule has 0 unspecified atom stereocenters. The molecule has 2 aromatic rings. The predicted octanol–water partition coefficient (Wildman–Crippen LogP) is 3.29. The van der Waals surface area contributed by atoms with Gasteiger partial charge in [0.25, 0.3) is 0 Å². The van der Waals surface area contributed by atoms with Crippen LogP contribution in [0.25, 0.3) is 10.8 Å². The van der Waals surface area contributed by atoms with Crippen LogP contribution in [0.2, 0.25) is 0 Å². The molecule has 0 saturated heterocycles. The van der Waals surface area contributed by atoms with Gasteiger partial charge >= 0.3 is 23.1 Å². The first-order valence-corrected chi connectivity index (χ1v) is 4.59. The molecule has 0 spiro atoms. The van der Waals surface area contributed by atoms with E-state index in [2.05, 4.69) is 65.1 Å². The third-order valence-corrected chi connectivity index (χ3v) is 2.68. The van der Waals surface area contributed by atoms with Gasteiger partial charge in [0, 0.05) is 3.57 Å². The number of hydrogen-bond acceptors (Lipinski definition) is 0. The smallest absolute Gasteiger partial charge is 1.00 e. The summed E-state index contributed by atoms with van der Waals surface area (Å²) in [6, 6.07) is 14.8. The van der Waals surface area contributed by atoms with Gasteiger partial charge in [0.15, 0.2) is 0 Å². The van der Waals surface area contributed by atoms with Crippen molar-refractivity contribution in [3.8, 4) is 0 Å². The summed E-state index contributed by atoms with van der Waals surface area (Å²) in [4.78, 5) is 0. The summed E-state index contributed by atoms with van der Waals surface area (Å²) in [5.41, 5.74) is 0. The van der Waals surface area contributed by atoms with Crippen molar-refractivity contribution < 1.29 is 2.85 Å². The van der Waals surface area contributed by atoms with Gasteiger partial charge in [-0.15, -0.1) is 0 Å². The average molecular weight is 280 g/mol. The summed E-state index contributed by atoms with van der Waals surface area (Å²) >= 11 is 2.36. The molecular formula is C10H9IMg. The minimum absolute atomic E-state index is 0. The van der Waals surface area contributed by atoms with Crippen LogP contribution in [0.15, 0.2) is 42.5 Å². The minimum atomic E-state index is 0.